The first-order valence-electron chi connectivity index (χ1n) is 5.61. The summed E-state index contributed by atoms with van der Waals surface area (Å²) in [5, 5.41) is 0. The molecule has 1 aromatic heterocycles. The summed E-state index contributed by atoms with van der Waals surface area (Å²) in [6.45, 7) is 2.09. The van der Waals surface area contributed by atoms with Crippen molar-refractivity contribution < 1.29 is 14.3 Å². The summed E-state index contributed by atoms with van der Waals surface area (Å²) in [5.74, 6) is 0.0950. The summed E-state index contributed by atoms with van der Waals surface area (Å²) in [5.41, 5.74) is 0.427. The Hall–Kier alpha value is -1.95. The van der Waals surface area contributed by atoms with Crippen LogP contribution < -0.4 is 4.74 Å². The van der Waals surface area contributed by atoms with E-state index in [0.717, 1.165) is 4.47 Å². The normalized spacial score (nSPS) is 10.0. The summed E-state index contributed by atoms with van der Waals surface area (Å²) in [6, 6.07) is 6.88. The van der Waals surface area contributed by atoms with Gasteiger partial charge in [0.1, 0.15) is 5.75 Å². The topological polar surface area (TPSA) is 61.3 Å². The molecule has 0 atom stereocenters. The molecule has 19 heavy (non-hydrogen) atoms. The molecule has 2 rings (SSSR count). The van der Waals surface area contributed by atoms with Crippen molar-refractivity contribution in [2.75, 3.05) is 6.61 Å². The maximum Gasteiger partial charge on any atom is 0.338 e. The number of benzene rings is 1. The second-order valence-electron chi connectivity index (χ2n) is 3.53. The highest BCUT2D eigenvalue weighted by atomic mass is 79.9. The highest BCUT2D eigenvalue weighted by Crippen LogP contribution is 2.20. The Bertz CT molecular complexity index is 572. The first-order valence-corrected chi connectivity index (χ1v) is 6.41. The summed E-state index contributed by atoms with van der Waals surface area (Å²) >= 11 is 3.24. The minimum absolute atomic E-state index is 0.212. The Morgan fingerprint density at radius 1 is 1.32 bits per heavy atom. The second-order valence-corrected chi connectivity index (χ2v) is 4.45. The summed E-state index contributed by atoms with van der Waals surface area (Å²) in [6.07, 6.45) is 3.16. The van der Waals surface area contributed by atoms with Crippen molar-refractivity contribution in [2.24, 2.45) is 0 Å². The number of carbonyl (C=O) groups is 1. The number of halogens is 1. The van der Waals surface area contributed by atoms with Gasteiger partial charge in [-0.25, -0.2) is 14.8 Å². The van der Waals surface area contributed by atoms with Gasteiger partial charge in [0, 0.05) is 12.4 Å². The quantitative estimate of drug-likeness (QED) is 0.809. The van der Waals surface area contributed by atoms with Crippen LogP contribution >= 0.6 is 15.9 Å². The Balaban J connectivity index is 2.15. The van der Waals surface area contributed by atoms with Crippen LogP contribution in [0.15, 0.2) is 41.1 Å². The molecule has 0 bridgehead atoms. The van der Waals surface area contributed by atoms with Crippen molar-refractivity contribution in [1.29, 1.82) is 0 Å². The molecule has 5 nitrogen and oxygen atoms in total. The van der Waals surface area contributed by atoms with E-state index in [2.05, 4.69) is 25.9 Å². The average Bonchev–Trinajstić information content (AvgIpc) is 2.42. The lowest BCUT2D eigenvalue weighted by molar-refractivity contribution is 0.0526. The van der Waals surface area contributed by atoms with Crippen LogP contribution in [0, 0.1) is 0 Å². The first-order chi connectivity index (χ1) is 9.19. The van der Waals surface area contributed by atoms with Crippen LogP contribution in [0.3, 0.4) is 0 Å². The van der Waals surface area contributed by atoms with Gasteiger partial charge in [-0.3, -0.25) is 0 Å². The number of hydrogen-bond donors (Lipinski definition) is 0. The lowest BCUT2D eigenvalue weighted by Crippen LogP contribution is -2.04. The Kier molecular flexibility index (Phi) is 4.46. The smallest absolute Gasteiger partial charge is 0.338 e. The average molecular weight is 323 g/mol. The molecule has 0 saturated carbocycles. The van der Waals surface area contributed by atoms with E-state index >= 15 is 0 Å². The van der Waals surface area contributed by atoms with E-state index in [9.17, 15) is 4.79 Å². The van der Waals surface area contributed by atoms with E-state index in [1.54, 1.807) is 43.6 Å². The molecule has 0 aliphatic heterocycles. The number of esters is 1. The van der Waals surface area contributed by atoms with E-state index in [1.807, 2.05) is 0 Å². The molecule has 0 spiro atoms. The zero-order valence-corrected chi connectivity index (χ0v) is 11.8. The van der Waals surface area contributed by atoms with Crippen molar-refractivity contribution in [1.82, 2.24) is 9.97 Å². The Morgan fingerprint density at radius 2 is 2.05 bits per heavy atom. The molecule has 0 aliphatic carbocycles. The fraction of sp³-hybridized carbons (Fsp3) is 0.154. The highest BCUT2D eigenvalue weighted by Gasteiger charge is 2.08. The van der Waals surface area contributed by atoms with E-state index in [1.165, 1.54) is 0 Å². The molecule has 6 heteroatoms. The van der Waals surface area contributed by atoms with Crippen LogP contribution in [-0.4, -0.2) is 22.5 Å². The van der Waals surface area contributed by atoms with Crippen LogP contribution in [0.25, 0.3) is 0 Å². The van der Waals surface area contributed by atoms with Crippen LogP contribution in [0.5, 0.6) is 11.8 Å². The zero-order chi connectivity index (χ0) is 13.7. The highest BCUT2D eigenvalue weighted by molar-refractivity contribution is 9.10. The van der Waals surface area contributed by atoms with E-state index < -0.39 is 0 Å². The van der Waals surface area contributed by atoms with Crippen molar-refractivity contribution in [3.63, 3.8) is 0 Å². The predicted molar refractivity (Wildman–Crippen MR) is 72.2 cm³/mol. The van der Waals surface area contributed by atoms with Crippen molar-refractivity contribution in [3.05, 3.63) is 46.7 Å². The van der Waals surface area contributed by atoms with Gasteiger partial charge in [-0.2, -0.15) is 0 Å². The van der Waals surface area contributed by atoms with Crippen LogP contribution in [0.1, 0.15) is 17.3 Å². The van der Waals surface area contributed by atoms with Crippen molar-refractivity contribution in [2.45, 2.75) is 6.92 Å². The monoisotopic (exact) mass is 322 g/mol. The fourth-order valence-corrected chi connectivity index (χ4v) is 1.56. The van der Waals surface area contributed by atoms with Gasteiger partial charge in [0.05, 0.1) is 16.6 Å². The minimum Gasteiger partial charge on any atom is -0.462 e. The van der Waals surface area contributed by atoms with Gasteiger partial charge < -0.3 is 9.47 Å². The molecule has 98 valence electrons. The van der Waals surface area contributed by atoms with Gasteiger partial charge in [-0.15, -0.1) is 0 Å². The molecule has 0 amide bonds. The number of ether oxygens (including phenoxy) is 2. The van der Waals surface area contributed by atoms with Gasteiger partial charge in [0.15, 0.2) is 0 Å². The molecule has 0 aliphatic rings. The molecule has 0 fully saturated rings. The van der Waals surface area contributed by atoms with Crippen LogP contribution in [0.2, 0.25) is 0 Å². The number of nitrogens with zero attached hydrogens (tertiary/aromatic N) is 2. The van der Waals surface area contributed by atoms with Gasteiger partial charge in [0.2, 0.25) is 0 Å². The molecule has 0 saturated heterocycles. The van der Waals surface area contributed by atoms with E-state index in [0.29, 0.717) is 17.9 Å². The molecule has 0 N–H and O–H groups in total. The van der Waals surface area contributed by atoms with Crippen LogP contribution in [-0.2, 0) is 4.74 Å². The zero-order valence-electron chi connectivity index (χ0n) is 10.2. The first kappa shape index (κ1) is 13.5. The summed E-state index contributed by atoms with van der Waals surface area (Å²) < 4.78 is 11.1. The maximum atomic E-state index is 11.6. The maximum absolute atomic E-state index is 11.6. The van der Waals surface area contributed by atoms with Crippen molar-refractivity contribution >= 4 is 21.9 Å². The van der Waals surface area contributed by atoms with Gasteiger partial charge in [-0.05, 0) is 41.1 Å². The number of rotatable bonds is 4. The number of aromatic nitrogens is 2. The van der Waals surface area contributed by atoms with E-state index in [-0.39, 0.29) is 12.0 Å². The van der Waals surface area contributed by atoms with Crippen molar-refractivity contribution in [3.8, 4) is 11.8 Å². The lowest BCUT2D eigenvalue weighted by atomic mass is 10.2. The third-order valence-corrected chi connectivity index (χ3v) is 2.56. The fourth-order valence-electron chi connectivity index (χ4n) is 1.36. The Labute approximate surface area is 118 Å². The molecule has 0 radical (unpaired) electrons. The molecular formula is C13H11BrN2O3. The summed E-state index contributed by atoms with van der Waals surface area (Å²) in [4.78, 5) is 19.6. The summed E-state index contributed by atoms with van der Waals surface area (Å²) in [7, 11) is 0. The lowest BCUT2D eigenvalue weighted by Gasteiger charge is -2.05. The molecule has 0 unspecified atom stereocenters. The van der Waals surface area contributed by atoms with E-state index in [4.69, 9.17) is 9.47 Å². The largest absolute Gasteiger partial charge is 0.462 e. The minimum atomic E-state index is -0.385. The molecular weight excluding hydrogens is 312 g/mol. The third kappa shape index (κ3) is 3.75. The predicted octanol–water partition coefficient (Wildman–Crippen LogP) is 3.21. The standard InChI is InChI=1S/C13H11BrN2O3/c1-2-18-12(17)9-4-3-5-11(6-9)19-13-15-7-10(14)8-16-13/h3-8H,2H2,1H3. The van der Waals surface area contributed by atoms with Gasteiger partial charge in [0.25, 0.3) is 0 Å². The molecule has 1 aromatic carbocycles. The number of hydrogen-bond acceptors (Lipinski definition) is 5. The van der Waals surface area contributed by atoms with Gasteiger partial charge >= 0.3 is 12.0 Å². The number of carbonyl (C=O) groups excluding carboxylic acids is 1. The third-order valence-electron chi connectivity index (χ3n) is 2.15. The molecule has 2 aromatic rings. The Morgan fingerprint density at radius 3 is 2.74 bits per heavy atom. The van der Waals surface area contributed by atoms with Gasteiger partial charge in [-0.1, -0.05) is 6.07 Å². The molecule has 1 heterocycles. The second kappa shape index (κ2) is 6.29. The van der Waals surface area contributed by atoms with Crippen LogP contribution in [0.4, 0.5) is 0 Å². The SMILES string of the molecule is CCOC(=O)c1cccc(Oc2ncc(Br)cn2)c1.